The monoisotopic (exact) mass is 264 g/mol. The molecule has 98 valence electrons. The number of furan rings is 1. The van der Waals surface area contributed by atoms with Crippen molar-refractivity contribution in [2.75, 3.05) is 7.05 Å². The zero-order valence-electron chi connectivity index (χ0n) is 11.1. The maximum Gasteiger partial charge on any atom is 0.117 e. The van der Waals surface area contributed by atoms with Crippen LogP contribution in [0.3, 0.4) is 0 Å². The Morgan fingerprint density at radius 2 is 2.17 bits per heavy atom. The quantitative estimate of drug-likeness (QED) is 0.902. The van der Waals surface area contributed by atoms with Crippen molar-refractivity contribution in [3.63, 3.8) is 0 Å². The third-order valence-electron chi connectivity index (χ3n) is 3.01. The summed E-state index contributed by atoms with van der Waals surface area (Å²) in [5.74, 6) is 0.969. The van der Waals surface area contributed by atoms with Gasteiger partial charge in [0.15, 0.2) is 0 Å². The minimum atomic E-state index is 0.0861. The predicted molar refractivity (Wildman–Crippen MR) is 75.6 cm³/mol. The first kappa shape index (κ1) is 13.3. The average Bonchev–Trinajstić information content (AvgIpc) is 2.90. The van der Waals surface area contributed by atoms with Crippen molar-refractivity contribution in [3.05, 3.63) is 46.0 Å². The van der Waals surface area contributed by atoms with Crippen molar-refractivity contribution >= 4 is 11.3 Å². The molecule has 0 aliphatic carbocycles. The largest absolute Gasteiger partial charge is 0.468 e. The van der Waals surface area contributed by atoms with Crippen molar-refractivity contribution in [1.82, 2.24) is 4.90 Å². The van der Waals surface area contributed by atoms with Gasteiger partial charge in [-0.15, -0.1) is 11.3 Å². The highest BCUT2D eigenvalue weighted by Gasteiger charge is 2.23. The summed E-state index contributed by atoms with van der Waals surface area (Å²) in [5, 5.41) is 0. The number of hydrogen-bond acceptors (Lipinski definition) is 4. The third kappa shape index (κ3) is 3.02. The normalized spacial score (nSPS) is 14.9. The fourth-order valence-corrected chi connectivity index (χ4v) is 3.40. The van der Waals surface area contributed by atoms with Gasteiger partial charge in [-0.3, -0.25) is 4.90 Å². The van der Waals surface area contributed by atoms with Crippen LogP contribution in [0.2, 0.25) is 0 Å². The molecule has 0 aliphatic rings. The Labute approximate surface area is 112 Å². The Morgan fingerprint density at radius 1 is 1.39 bits per heavy atom. The highest BCUT2D eigenvalue weighted by molar-refractivity contribution is 7.12. The average molecular weight is 264 g/mol. The van der Waals surface area contributed by atoms with Gasteiger partial charge in [0.2, 0.25) is 0 Å². The number of nitrogens with zero attached hydrogens (tertiary/aromatic N) is 1. The molecule has 0 amide bonds. The smallest absolute Gasteiger partial charge is 0.117 e. The molecule has 3 nitrogen and oxygen atoms in total. The van der Waals surface area contributed by atoms with Gasteiger partial charge in [0.05, 0.1) is 18.8 Å². The lowest BCUT2D eigenvalue weighted by molar-refractivity contribution is 0.199. The zero-order valence-corrected chi connectivity index (χ0v) is 11.9. The molecular formula is C14H20N2OS. The van der Waals surface area contributed by atoms with Crippen molar-refractivity contribution in [2.45, 2.75) is 32.5 Å². The van der Waals surface area contributed by atoms with Gasteiger partial charge >= 0.3 is 0 Å². The first-order valence-electron chi connectivity index (χ1n) is 6.12. The van der Waals surface area contributed by atoms with E-state index in [9.17, 15) is 0 Å². The standard InChI is InChI=1S/C14H20N2OS/c1-10-6-7-13(18-10)14(11(2)15)16(3)9-12-5-4-8-17-12/h4-8,11,14H,9,15H2,1-3H3. The summed E-state index contributed by atoms with van der Waals surface area (Å²) in [6.07, 6.45) is 1.71. The van der Waals surface area contributed by atoms with E-state index >= 15 is 0 Å². The van der Waals surface area contributed by atoms with Crippen LogP contribution in [0.1, 0.15) is 28.5 Å². The number of nitrogens with two attached hydrogens (primary N) is 1. The molecule has 2 N–H and O–H groups in total. The van der Waals surface area contributed by atoms with E-state index in [0.29, 0.717) is 0 Å². The van der Waals surface area contributed by atoms with Crippen molar-refractivity contribution < 1.29 is 4.42 Å². The molecule has 0 aliphatic heterocycles. The van der Waals surface area contributed by atoms with Crippen LogP contribution >= 0.6 is 11.3 Å². The molecule has 2 aromatic heterocycles. The Morgan fingerprint density at radius 3 is 2.67 bits per heavy atom. The molecule has 0 bridgehead atoms. The lowest BCUT2D eigenvalue weighted by Crippen LogP contribution is -2.36. The van der Waals surface area contributed by atoms with Crippen molar-refractivity contribution in [2.24, 2.45) is 5.73 Å². The highest BCUT2D eigenvalue weighted by atomic mass is 32.1. The third-order valence-corrected chi connectivity index (χ3v) is 4.08. The van der Waals surface area contributed by atoms with E-state index in [2.05, 4.69) is 37.9 Å². The van der Waals surface area contributed by atoms with Gasteiger partial charge in [-0.2, -0.15) is 0 Å². The lowest BCUT2D eigenvalue weighted by atomic mass is 10.1. The van der Waals surface area contributed by atoms with E-state index in [-0.39, 0.29) is 12.1 Å². The second-order valence-corrected chi connectivity index (χ2v) is 6.07. The molecule has 0 saturated carbocycles. The second-order valence-electron chi connectivity index (χ2n) is 4.75. The highest BCUT2D eigenvalue weighted by Crippen LogP contribution is 2.29. The summed E-state index contributed by atoms with van der Waals surface area (Å²) in [5.41, 5.74) is 6.14. The molecule has 4 heteroatoms. The van der Waals surface area contributed by atoms with Gasteiger partial charge in [-0.1, -0.05) is 0 Å². The lowest BCUT2D eigenvalue weighted by Gasteiger charge is -2.29. The Hall–Kier alpha value is -1.10. The van der Waals surface area contributed by atoms with E-state index < -0.39 is 0 Å². The molecular weight excluding hydrogens is 244 g/mol. The Kier molecular flexibility index (Phi) is 4.22. The zero-order chi connectivity index (χ0) is 13.1. The molecule has 0 radical (unpaired) electrons. The predicted octanol–water partition coefficient (Wildman–Crippen LogP) is 3.17. The summed E-state index contributed by atoms with van der Waals surface area (Å²) in [6.45, 7) is 4.95. The summed E-state index contributed by atoms with van der Waals surface area (Å²) < 4.78 is 5.40. The van der Waals surface area contributed by atoms with Crippen LogP contribution in [0.4, 0.5) is 0 Å². The molecule has 18 heavy (non-hydrogen) atoms. The maximum atomic E-state index is 6.14. The Balaban J connectivity index is 2.15. The molecule has 2 rings (SSSR count). The minimum Gasteiger partial charge on any atom is -0.468 e. The molecule has 0 fully saturated rings. The minimum absolute atomic E-state index is 0.0861. The molecule has 2 atom stereocenters. The fourth-order valence-electron chi connectivity index (χ4n) is 2.24. The summed E-state index contributed by atoms with van der Waals surface area (Å²) >= 11 is 1.81. The number of likely N-dealkylation sites (N-methyl/N-ethyl adjacent to an activating group) is 1. The molecule has 2 aromatic rings. The number of hydrogen-bond donors (Lipinski definition) is 1. The van der Waals surface area contributed by atoms with Gasteiger partial charge < -0.3 is 10.2 Å². The first-order valence-corrected chi connectivity index (χ1v) is 6.94. The fraction of sp³-hybridized carbons (Fsp3) is 0.429. The van der Waals surface area contributed by atoms with E-state index in [0.717, 1.165) is 12.3 Å². The SMILES string of the molecule is Cc1ccc(C(C(C)N)N(C)Cc2ccco2)s1. The van der Waals surface area contributed by atoms with Gasteiger partial charge in [-0.05, 0) is 45.2 Å². The maximum absolute atomic E-state index is 6.14. The summed E-state index contributed by atoms with van der Waals surface area (Å²) in [7, 11) is 2.09. The number of aryl methyl sites for hydroxylation is 1. The van der Waals surface area contributed by atoms with Crippen LogP contribution in [0.25, 0.3) is 0 Å². The Bertz CT molecular complexity index is 476. The number of rotatable bonds is 5. The van der Waals surface area contributed by atoms with Crippen LogP contribution in [0, 0.1) is 6.92 Å². The molecule has 0 aromatic carbocycles. The van der Waals surface area contributed by atoms with Gasteiger partial charge in [0.25, 0.3) is 0 Å². The molecule has 2 unspecified atom stereocenters. The second kappa shape index (κ2) is 5.69. The first-order chi connectivity index (χ1) is 8.58. The van der Waals surface area contributed by atoms with Crippen LogP contribution in [-0.2, 0) is 6.54 Å². The van der Waals surface area contributed by atoms with Gasteiger partial charge in [0, 0.05) is 15.8 Å². The van der Waals surface area contributed by atoms with E-state index in [1.165, 1.54) is 9.75 Å². The number of thiophene rings is 1. The van der Waals surface area contributed by atoms with E-state index in [1.807, 2.05) is 23.5 Å². The molecule has 0 saturated heterocycles. The van der Waals surface area contributed by atoms with Crippen molar-refractivity contribution in [3.8, 4) is 0 Å². The van der Waals surface area contributed by atoms with E-state index in [4.69, 9.17) is 10.2 Å². The molecule has 2 heterocycles. The van der Waals surface area contributed by atoms with Crippen LogP contribution in [0.15, 0.2) is 34.9 Å². The summed E-state index contributed by atoms with van der Waals surface area (Å²) in [4.78, 5) is 4.88. The molecule has 0 spiro atoms. The van der Waals surface area contributed by atoms with Crippen LogP contribution in [-0.4, -0.2) is 18.0 Å². The topological polar surface area (TPSA) is 42.4 Å². The van der Waals surface area contributed by atoms with Crippen molar-refractivity contribution in [1.29, 1.82) is 0 Å². The van der Waals surface area contributed by atoms with Gasteiger partial charge in [0.1, 0.15) is 5.76 Å². The summed E-state index contributed by atoms with van der Waals surface area (Å²) in [6, 6.07) is 8.55. The van der Waals surface area contributed by atoms with Gasteiger partial charge in [-0.25, -0.2) is 0 Å². The van der Waals surface area contributed by atoms with Crippen LogP contribution < -0.4 is 5.73 Å². The van der Waals surface area contributed by atoms with Crippen LogP contribution in [0.5, 0.6) is 0 Å². The van der Waals surface area contributed by atoms with E-state index in [1.54, 1.807) is 6.26 Å².